The van der Waals surface area contributed by atoms with Crippen LogP contribution in [-0.4, -0.2) is 22.4 Å². The van der Waals surface area contributed by atoms with Crippen molar-refractivity contribution in [2.45, 2.75) is 39.3 Å². The third-order valence-corrected chi connectivity index (χ3v) is 3.64. The SMILES string of the molecule is CCC(C)(CO)NCc1cc(Br)cc(C)c1O. The van der Waals surface area contributed by atoms with Crippen molar-refractivity contribution < 1.29 is 10.2 Å². The highest BCUT2D eigenvalue weighted by Gasteiger charge is 2.20. The number of phenols is 1. The topological polar surface area (TPSA) is 52.5 Å². The molecule has 3 N–H and O–H groups in total. The Balaban J connectivity index is 2.82. The minimum absolute atomic E-state index is 0.0806. The molecule has 0 aromatic heterocycles. The van der Waals surface area contributed by atoms with Gasteiger partial charge in [-0.3, -0.25) is 0 Å². The van der Waals surface area contributed by atoms with E-state index in [0.717, 1.165) is 22.0 Å². The maximum absolute atomic E-state index is 9.94. The number of hydrogen-bond acceptors (Lipinski definition) is 3. The van der Waals surface area contributed by atoms with Crippen molar-refractivity contribution >= 4 is 15.9 Å². The summed E-state index contributed by atoms with van der Waals surface area (Å²) in [6.07, 6.45) is 0.831. The minimum atomic E-state index is -0.303. The van der Waals surface area contributed by atoms with E-state index in [4.69, 9.17) is 0 Å². The van der Waals surface area contributed by atoms with Crippen LogP contribution >= 0.6 is 15.9 Å². The molecular formula is C13H20BrNO2. The zero-order chi connectivity index (χ0) is 13.1. The molecule has 0 saturated carbocycles. The van der Waals surface area contributed by atoms with Gasteiger partial charge in [-0.05, 0) is 38.0 Å². The average molecular weight is 302 g/mol. The lowest BCUT2D eigenvalue weighted by Crippen LogP contribution is -2.44. The quantitative estimate of drug-likeness (QED) is 0.784. The summed E-state index contributed by atoms with van der Waals surface area (Å²) in [4.78, 5) is 0. The highest BCUT2D eigenvalue weighted by atomic mass is 79.9. The average Bonchev–Trinajstić information content (AvgIpc) is 2.31. The summed E-state index contributed by atoms with van der Waals surface area (Å²) in [6, 6.07) is 3.77. The molecule has 96 valence electrons. The van der Waals surface area contributed by atoms with Crippen LogP contribution in [0.3, 0.4) is 0 Å². The van der Waals surface area contributed by atoms with Crippen molar-refractivity contribution in [3.05, 3.63) is 27.7 Å². The van der Waals surface area contributed by atoms with Crippen LogP contribution in [-0.2, 0) is 6.54 Å². The maximum atomic E-state index is 9.94. The van der Waals surface area contributed by atoms with Crippen LogP contribution in [0, 0.1) is 6.92 Å². The van der Waals surface area contributed by atoms with Crippen LogP contribution < -0.4 is 5.32 Å². The van der Waals surface area contributed by atoms with Crippen LogP contribution in [0.25, 0.3) is 0 Å². The molecule has 0 radical (unpaired) electrons. The molecule has 1 rings (SSSR count). The third kappa shape index (κ3) is 3.69. The fourth-order valence-corrected chi connectivity index (χ4v) is 2.16. The number of phenolic OH excluding ortho intramolecular Hbond substituents is 1. The van der Waals surface area contributed by atoms with E-state index in [-0.39, 0.29) is 12.1 Å². The first kappa shape index (κ1) is 14.5. The van der Waals surface area contributed by atoms with E-state index in [1.165, 1.54) is 0 Å². The van der Waals surface area contributed by atoms with Crippen LogP contribution in [0.5, 0.6) is 5.75 Å². The zero-order valence-electron chi connectivity index (χ0n) is 10.5. The summed E-state index contributed by atoms with van der Waals surface area (Å²) in [6.45, 7) is 6.48. The summed E-state index contributed by atoms with van der Waals surface area (Å²) in [5, 5.41) is 22.5. The Labute approximate surface area is 111 Å². The van der Waals surface area contributed by atoms with Gasteiger partial charge in [-0.25, -0.2) is 0 Å². The monoisotopic (exact) mass is 301 g/mol. The number of hydrogen-bond donors (Lipinski definition) is 3. The van der Waals surface area contributed by atoms with Crippen LogP contribution in [0.4, 0.5) is 0 Å². The van der Waals surface area contributed by atoms with Gasteiger partial charge >= 0.3 is 0 Å². The molecule has 0 aliphatic carbocycles. The highest BCUT2D eigenvalue weighted by Crippen LogP contribution is 2.27. The number of aryl methyl sites for hydroxylation is 1. The first-order chi connectivity index (χ1) is 7.91. The maximum Gasteiger partial charge on any atom is 0.123 e. The van der Waals surface area contributed by atoms with Gasteiger partial charge in [-0.2, -0.15) is 0 Å². The number of aliphatic hydroxyl groups is 1. The first-order valence-corrected chi connectivity index (χ1v) is 6.55. The van der Waals surface area contributed by atoms with Crippen molar-refractivity contribution in [3.63, 3.8) is 0 Å². The third-order valence-electron chi connectivity index (χ3n) is 3.18. The van der Waals surface area contributed by atoms with Gasteiger partial charge < -0.3 is 15.5 Å². The molecule has 1 aromatic carbocycles. The molecule has 1 unspecified atom stereocenters. The Hall–Kier alpha value is -0.580. The summed E-state index contributed by atoms with van der Waals surface area (Å²) < 4.78 is 0.951. The lowest BCUT2D eigenvalue weighted by Gasteiger charge is -2.27. The van der Waals surface area contributed by atoms with Crippen molar-refractivity contribution in [1.82, 2.24) is 5.32 Å². The molecule has 1 atom stereocenters. The van der Waals surface area contributed by atoms with Gasteiger partial charge in [-0.15, -0.1) is 0 Å². The highest BCUT2D eigenvalue weighted by molar-refractivity contribution is 9.10. The van der Waals surface area contributed by atoms with Gasteiger partial charge in [-0.1, -0.05) is 22.9 Å². The predicted molar refractivity (Wildman–Crippen MR) is 73.2 cm³/mol. The standard InChI is InChI=1S/C13H20BrNO2/c1-4-13(3,8-16)15-7-10-6-11(14)5-9(2)12(10)17/h5-6,15-17H,4,7-8H2,1-3H3. The van der Waals surface area contributed by atoms with Crippen LogP contribution in [0.1, 0.15) is 31.4 Å². The molecular weight excluding hydrogens is 282 g/mol. The number of benzene rings is 1. The Bertz CT molecular complexity index is 389. The Morgan fingerprint density at radius 2 is 2.06 bits per heavy atom. The molecule has 0 saturated heterocycles. The Morgan fingerprint density at radius 3 is 2.59 bits per heavy atom. The van der Waals surface area contributed by atoms with E-state index >= 15 is 0 Å². The van der Waals surface area contributed by atoms with Gasteiger partial charge in [0.2, 0.25) is 0 Å². The molecule has 0 fully saturated rings. The van der Waals surface area contributed by atoms with Crippen molar-refractivity contribution in [2.75, 3.05) is 6.61 Å². The van der Waals surface area contributed by atoms with Gasteiger partial charge in [0.25, 0.3) is 0 Å². The first-order valence-electron chi connectivity index (χ1n) is 5.75. The summed E-state index contributed by atoms with van der Waals surface area (Å²) >= 11 is 3.41. The molecule has 0 aliphatic heterocycles. The van der Waals surface area contributed by atoms with Gasteiger partial charge in [0.05, 0.1) is 6.61 Å². The second kappa shape index (κ2) is 5.85. The molecule has 0 spiro atoms. The molecule has 0 aliphatic rings. The summed E-state index contributed by atoms with van der Waals surface area (Å²) in [5.41, 5.74) is 1.38. The molecule has 1 aromatic rings. The smallest absolute Gasteiger partial charge is 0.123 e. The zero-order valence-corrected chi connectivity index (χ0v) is 12.1. The van der Waals surface area contributed by atoms with E-state index in [0.29, 0.717) is 12.3 Å². The number of aliphatic hydroxyl groups excluding tert-OH is 1. The van der Waals surface area contributed by atoms with E-state index in [2.05, 4.69) is 21.2 Å². The van der Waals surface area contributed by atoms with Gasteiger partial charge in [0.15, 0.2) is 0 Å². The van der Waals surface area contributed by atoms with Crippen LogP contribution in [0.15, 0.2) is 16.6 Å². The number of rotatable bonds is 5. The summed E-state index contributed by atoms with van der Waals surface area (Å²) in [5.74, 6) is 0.317. The molecule has 4 heteroatoms. The van der Waals surface area contributed by atoms with E-state index in [1.54, 1.807) is 0 Å². The fourth-order valence-electron chi connectivity index (χ4n) is 1.54. The second-order valence-corrected chi connectivity index (χ2v) is 5.57. The number of halogens is 1. The Kier molecular flexibility index (Phi) is 4.98. The molecule has 3 nitrogen and oxygen atoms in total. The number of nitrogens with one attached hydrogen (secondary N) is 1. The van der Waals surface area contributed by atoms with E-state index in [1.807, 2.05) is 32.9 Å². The minimum Gasteiger partial charge on any atom is -0.507 e. The fraction of sp³-hybridized carbons (Fsp3) is 0.538. The summed E-state index contributed by atoms with van der Waals surface area (Å²) in [7, 11) is 0. The van der Waals surface area contributed by atoms with Gasteiger partial charge in [0, 0.05) is 22.1 Å². The van der Waals surface area contributed by atoms with Crippen molar-refractivity contribution in [1.29, 1.82) is 0 Å². The van der Waals surface area contributed by atoms with Crippen molar-refractivity contribution in [2.24, 2.45) is 0 Å². The molecule has 0 heterocycles. The largest absolute Gasteiger partial charge is 0.507 e. The van der Waals surface area contributed by atoms with Crippen molar-refractivity contribution in [3.8, 4) is 5.75 Å². The number of aromatic hydroxyl groups is 1. The lowest BCUT2D eigenvalue weighted by atomic mass is 9.99. The second-order valence-electron chi connectivity index (χ2n) is 4.66. The van der Waals surface area contributed by atoms with E-state index < -0.39 is 0 Å². The lowest BCUT2D eigenvalue weighted by molar-refractivity contribution is 0.168. The molecule has 0 amide bonds. The van der Waals surface area contributed by atoms with Gasteiger partial charge in [0.1, 0.15) is 5.75 Å². The predicted octanol–water partition coefficient (Wildman–Crippen LogP) is 2.71. The normalized spacial score (nSPS) is 14.6. The van der Waals surface area contributed by atoms with Crippen LogP contribution in [0.2, 0.25) is 0 Å². The molecule has 0 bridgehead atoms. The Morgan fingerprint density at radius 1 is 1.41 bits per heavy atom. The van der Waals surface area contributed by atoms with E-state index in [9.17, 15) is 10.2 Å². The molecule has 17 heavy (non-hydrogen) atoms.